The molecule has 12 heteroatoms. The molecule has 1 aromatic heterocycles. The summed E-state index contributed by atoms with van der Waals surface area (Å²) in [6.07, 6.45) is -1.40. The summed E-state index contributed by atoms with van der Waals surface area (Å²) in [4.78, 5) is 23.7. The highest BCUT2D eigenvalue weighted by atomic mass is 19.3. The molecule has 158 valence electrons. The van der Waals surface area contributed by atoms with Gasteiger partial charge in [-0.2, -0.15) is 0 Å². The number of amidine groups is 1. The van der Waals surface area contributed by atoms with Crippen LogP contribution in [-0.4, -0.2) is 41.5 Å². The number of hydrogen-bond donors (Lipinski definition) is 2. The number of anilines is 1. The number of amides is 1. The number of ether oxygens (including phenoxy) is 2. The van der Waals surface area contributed by atoms with E-state index in [1.807, 2.05) is 0 Å². The summed E-state index contributed by atoms with van der Waals surface area (Å²) in [5.41, 5.74) is 1.95. The summed E-state index contributed by atoms with van der Waals surface area (Å²) < 4.78 is 67.1. The monoisotopic (exact) mass is 425 g/mol. The molecule has 0 spiro atoms. The first-order valence-corrected chi connectivity index (χ1v) is 8.73. The fourth-order valence-electron chi connectivity index (χ4n) is 3.49. The van der Waals surface area contributed by atoms with Gasteiger partial charge >= 0.3 is 0 Å². The van der Waals surface area contributed by atoms with Crippen LogP contribution in [0.4, 0.5) is 23.2 Å². The summed E-state index contributed by atoms with van der Waals surface area (Å²) in [5.74, 6) is -4.46. The molecular weight excluding hydrogens is 410 g/mol. The van der Waals surface area contributed by atoms with Gasteiger partial charge in [-0.05, 0) is 12.5 Å². The molecule has 1 saturated carbocycles. The number of rotatable bonds is 5. The van der Waals surface area contributed by atoms with Gasteiger partial charge in [0.05, 0.1) is 19.5 Å². The number of carbonyl (C=O) groups excluding carboxylic acids is 1. The van der Waals surface area contributed by atoms with Crippen LogP contribution in [0.25, 0.3) is 0 Å². The van der Waals surface area contributed by atoms with Gasteiger partial charge in [0.15, 0.2) is 17.2 Å². The van der Waals surface area contributed by atoms with Gasteiger partial charge in [-0.15, -0.1) is 0 Å². The Kier molecular flexibility index (Phi) is 4.71. The summed E-state index contributed by atoms with van der Waals surface area (Å²) in [7, 11) is 1.36. The van der Waals surface area contributed by atoms with Gasteiger partial charge in [0.2, 0.25) is 5.88 Å². The van der Waals surface area contributed by atoms with Crippen LogP contribution < -0.4 is 15.8 Å². The second-order valence-electron chi connectivity index (χ2n) is 6.79. The average Bonchev–Trinajstić information content (AvgIpc) is 3.49. The topological polar surface area (TPSA) is 112 Å². The maximum Gasteiger partial charge on any atom is 0.283 e. The van der Waals surface area contributed by atoms with Crippen molar-refractivity contribution in [1.82, 2.24) is 9.97 Å². The third-order valence-corrected chi connectivity index (χ3v) is 4.98. The minimum Gasteiger partial charge on any atom is -0.480 e. The molecule has 3 atom stereocenters. The van der Waals surface area contributed by atoms with Crippen LogP contribution in [0.1, 0.15) is 22.5 Å². The van der Waals surface area contributed by atoms with Crippen LogP contribution in [0.15, 0.2) is 29.5 Å². The SMILES string of the molecule is COc1cnc(C(=O)Nc2cc(F)c(F)c([C@@]3(C(F)F)N=C(N)O[C@@H]4CC43)c2)cn1. The van der Waals surface area contributed by atoms with Gasteiger partial charge in [-0.1, -0.05) is 0 Å². The predicted molar refractivity (Wildman–Crippen MR) is 95.2 cm³/mol. The van der Waals surface area contributed by atoms with E-state index in [2.05, 4.69) is 20.3 Å². The number of nitrogens with two attached hydrogens (primary N) is 1. The van der Waals surface area contributed by atoms with E-state index in [9.17, 15) is 22.4 Å². The lowest BCUT2D eigenvalue weighted by atomic mass is 9.84. The number of aromatic nitrogens is 2. The van der Waals surface area contributed by atoms with Gasteiger partial charge in [0, 0.05) is 23.2 Å². The molecule has 1 unspecified atom stereocenters. The lowest BCUT2D eigenvalue weighted by Crippen LogP contribution is -2.43. The van der Waals surface area contributed by atoms with Crippen LogP contribution >= 0.6 is 0 Å². The van der Waals surface area contributed by atoms with Gasteiger partial charge in [-0.25, -0.2) is 32.5 Å². The molecule has 3 N–H and O–H groups in total. The molecule has 1 aromatic carbocycles. The van der Waals surface area contributed by atoms with E-state index >= 15 is 0 Å². The number of fused-ring (bicyclic) bond motifs is 1. The summed E-state index contributed by atoms with van der Waals surface area (Å²) in [5, 5.41) is 2.29. The number of carbonyl (C=O) groups is 1. The normalized spacial score (nSPS) is 24.5. The first-order chi connectivity index (χ1) is 14.3. The van der Waals surface area contributed by atoms with Gasteiger partial charge < -0.3 is 20.5 Å². The van der Waals surface area contributed by atoms with Crippen molar-refractivity contribution in [2.24, 2.45) is 16.6 Å². The maximum atomic E-state index is 14.6. The van der Waals surface area contributed by atoms with E-state index in [4.69, 9.17) is 15.2 Å². The summed E-state index contributed by atoms with van der Waals surface area (Å²) >= 11 is 0. The fourth-order valence-corrected chi connectivity index (χ4v) is 3.49. The Labute approximate surface area is 167 Å². The second-order valence-corrected chi connectivity index (χ2v) is 6.79. The number of nitrogens with zero attached hydrogens (tertiary/aromatic N) is 3. The van der Waals surface area contributed by atoms with Crippen molar-refractivity contribution in [3.05, 3.63) is 47.4 Å². The molecule has 1 aliphatic carbocycles. The zero-order valence-electron chi connectivity index (χ0n) is 15.4. The van der Waals surface area contributed by atoms with Crippen LogP contribution in [0.5, 0.6) is 5.88 Å². The van der Waals surface area contributed by atoms with Crippen molar-refractivity contribution in [1.29, 1.82) is 0 Å². The van der Waals surface area contributed by atoms with Crippen molar-refractivity contribution in [3.8, 4) is 5.88 Å². The Bertz CT molecular complexity index is 1030. The molecule has 2 heterocycles. The van der Waals surface area contributed by atoms with E-state index in [0.717, 1.165) is 12.3 Å². The Morgan fingerprint density at radius 2 is 2.10 bits per heavy atom. The largest absolute Gasteiger partial charge is 0.480 e. The van der Waals surface area contributed by atoms with Crippen molar-refractivity contribution in [3.63, 3.8) is 0 Å². The second kappa shape index (κ2) is 7.11. The van der Waals surface area contributed by atoms with Crippen LogP contribution in [0, 0.1) is 17.6 Å². The molecule has 0 saturated heterocycles. The highest BCUT2D eigenvalue weighted by Gasteiger charge is 2.64. The lowest BCUT2D eigenvalue weighted by Gasteiger charge is -2.33. The Hall–Kier alpha value is -3.44. The number of aliphatic imine (C=N–C) groups is 1. The van der Waals surface area contributed by atoms with Gasteiger partial charge in [-0.3, -0.25) is 4.79 Å². The quantitative estimate of drug-likeness (QED) is 0.711. The first kappa shape index (κ1) is 19.9. The van der Waals surface area contributed by atoms with Crippen molar-refractivity contribution in [2.45, 2.75) is 24.5 Å². The Balaban J connectivity index is 1.72. The van der Waals surface area contributed by atoms with Crippen molar-refractivity contribution in [2.75, 3.05) is 12.4 Å². The lowest BCUT2D eigenvalue weighted by molar-refractivity contribution is 0.0173. The van der Waals surface area contributed by atoms with Crippen molar-refractivity contribution < 1.29 is 31.8 Å². The minimum atomic E-state index is -3.19. The smallest absolute Gasteiger partial charge is 0.283 e. The Morgan fingerprint density at radius 1 is 1.33 bits per heavy atom. The highest BCUT2D eigenvalue weighted by molar-refractivity contribution is 6.02. The molecule has 1 fully saturated rings. The molecular formula is C18H15F4N5O3. The molecule has 0 radical (unpaired) electrons. The molecule has 8 nitrogen and oxygen atoms in total. The van der Waals surface area contributed by atoms with Gasteiger partial charge in [0.1, 0.15) is 11.8 Å². The molecule has 2 aromatic rings. The molecule has 30 heavy (non-hydrogen) atoms. The predicted octanol–water partition coefficient (Wildman–Crippen LogP) is 2.21. The van der Waals surface area contributed by atoms with E-state index in [1.54, 1.807) is 0 Å². The molecule has 0 bridgehead atoms. The first-order valence-electron chi connectivity index (χ1n) is 8.73. The molecule has 1 aliphatic heterocycles. The number of methoxy groups -OCH3 is 1. The number of benzene rings is 1. The van der Waals surface area contributed by atoms with Crippen LogP contribution in [0.2, 0.25) is 0 Å². The molecule has 2 aliphatic rings. The number of nitrogens with one attached hydrogen (secondary N) is 1. The molecule has 4 rings (SSSR count). The van der Waals surface area contributed by atoms with E-state index in [0.29, 0.717) is 6.07 Å². The average molecular weight is 425 g/mol. The van der Waals surface area contributed by atoms with Crippen molar-refractivity contribution >= 4 is 17.6 Å². The number of hydrogen-bond acceptors (Lipinski definition) is 7. The third kappa shape index (κ3) is 3.17. The zero-order chi connectivity index (χ0) is 21.6. The molecule has 1 amide bonds. The van der Waals surface area contributed by atoms with E-state index < -0.39 is 53.1 Å². The number of halogens is 4. The maximum absolute atomic E-state index is 14.6. The van der Waals surface area contributed by atoms with Gasteiger partial charge in [0.25, 0.3) is 18.4 Å². The minimum absolute atomic E-state index is 0.152. The standard InChI is InChI=1S/C18H15F4N5O3/c1-29-13-6-24-11(5-25-13)15(28)26-7-2-9(14(20)10(19)3-7)18(16(21)22)8-4-12(8)30-17(23)27-18/h2-3,5-6,8,12,16H,4H2,1H3,(H2,23,27)(H,26,28)/t8?,12-,18+/m1/s1. The number of alkyl halides is 2. The Morgan fingerprint density at radius 3 is 2.73 bits per heavy atom. The van der Waals surface area contributed by atoms with Crippen LogP contribution in [-0.2, 0) is 10.3 Å². The fraction of sp³-hybridized carbons (Fsp3) is 0.333. The van der Waals surface area contributed by atoms with Crippen LogP contribution in [0.3, 0.4) is 0 Å². The highest BCUT2D eigenvalue weighted by Crippen LogP contribution is 2.56. The zero-order valence-corrected chi connectivity index (χ0v) is 15.4. The van der Waals surface area contributed by atoms with E-state index in [1.165, 1.54) is 13.3 Å². The summed E-state index contributed by atoms with van der Waals surface area (Å²) in [6.45, 7) is 0. The summed E-state index contributed by atoms with van der Waals surface area (Å²) in [6, 6.07) is 1.05. The van der Waals surface area contributed by atoms with E-state index in [-0.39, 0.29) is 23.7 Å². The third-order valence-electron chi connectivity index (χ3n) is 4.98.